The molecule has 0 saturated heterocycles. The van der Waals surface area contributed by atoms with Crippen LogP contribution in [0.2, 0.25) is 10.0 Å². The van der Waals surface area contributed by atoms with Gasteiger partial charge in [-0.15, -0.1) is 11.3 Å². The van der Waals surface area contributed by atoms with Gasteiger partial charge < -0.3 is 10.6 Å². The molecule has 20 heavy (non-hydrogen) atoms. The Morgan fingerprint density at radius 3 is 2.80 bits per heavy atom. The molecule has 1 aromatic carbocycles. The summed E-state index contributed by atoms with van der Waals surface area (Å²) in [6.07, 6.45) is 1.11. The van der Waals surface area contributed by atoms with Crippen LogP contribution < -0.4 is 10.6 Å². The highest BCUT2D eigenvalue weighted by atomic mass is 35.5. The van der Waals surface area contributed by atoms with E-state index in [0.717, 1.165) is 29.5 Å². The minimum Gasteiger partial charge on any atom is -0.331 e. The van der Waals surface area contributed by atoms with Gasteiger partial charge in [-0.05, 0) is 38.1 Å². The Hall–Kier alpha value is -0.810. The highest BCUT2D eigenvalue weighted by Crippen LogP contribution is 2.28. The first kappa shape index (κ1) is 15.6. The van der Waals surface area contributed by atoms with Gasteiger partial charge in [0.25, 0.3) is 0 Å². The van der Waals surface area contributed by atoms with Crippen molar-refractivity contribution < 1.29 is 0 Å². The number of halogens is 2. The van der Waals surface area contributed by atoms with E-state index in [-0.39, 0.29) is 6.04 Å². The van der Waals surface area contributed by atoms with Crippen molar-refractivity contribution in [2.75, 3.05) is 11.9 Å². The van der Waals surface area contributed by atoms with E-state index in [1.165, 1.54) is 0 Å². The van der Waals surface area contributed by atoms with Gasteiger partial charge in [0.05, 0.1) is 15.7 Å². The molecule has 0 bridgehead atoms. The number of benzene rings is 1. The molecule has 0 radical (unpaired) electrons. The van der Waals surface area contributed by atoms with Crippen LogP contribution in [0.15, 0.2) is 23.6 Å². The molecule has 0 spiro atoms. The molecule has 6 heteroatoms. The summed E-state index contributed by atoms with van der Waals surface area (Å²) in [5.41, 5.74) is 1.93. The zero-order valence-corrected chi connectivity index (χ0v) is 13.7. The molecule has 1 aromatic heterocycles. The van der Waals surface area contributed by atoms with Crippen LogP contribution in [0, 0.1) is 0 Å². The highest BCUT2D eigenvalue weighted by Gasteiger charge is 2.09. The van der Waals surface area contributed by atoms with E-state index < -0.39 is 0 Å². The maximum absolute atomic E-state index is 5.99. The SMILES string of the molecule is CCCNC(C)c1csc(Nc2ccc(Cl)c(Cl)c2)n1. The number of aromatic nitrogens is 1. The summed E-state index contributed by atoms with van der Waals surface area (Å²) in [7, 11) is 0. The van der Waals surface area contributed by atoms with Gasteiger partial charge in [-0.1, -0.05) is 30.1 Å². The molecule has 0 amide bonds. The summed E-state index contributed by atoms with van der Waals surface area (Å²) in [4.78, 5) is 4.58. The van der Waals surface area contributed by atoms with Crippen LogP contribution in [0.25, 0.3) is 0 Å². The molecule has 108 valence electrons. The third-order valence-corrected chi connectivity index (χ3v) is 4.35. The highest BCUT2D eigenvalue weighted by molar-refractivity contribution is 7.13. The van der Waals surface area contributed by atoms with Crippen molar-refractivity contribution >= 4 is 45.4 Å². The van der Waals surface area contributed by atoms with Crippen molar-refractivity contribution in [3.8, 4) is 0 Å². The second kappa shape index (κ2) is 7.27. The normalized spacial score (nSPS) is 12.4. The molecule has 2 aromatic rings. The Kier molecular flexibility index (Phi) is 5.66. The summed E-state index contributed by atoms with van der Waals surface area (Å²) in [6, 6.07) is 5.71. The Bertz CT molecular complexity index is 571. The Morgan fingerprint density at radius 2 is 2.10 bits per heavy atom. The lowest BCUT2D eigenvalue weighted by atomic mass is 10.2. The molecule has 2 N–H and O–H groups in total. The van der Waals surface area contributed by atoms with Crippen molar-refractivity contribution in [3.63, 3.8) is 0 Å². The monoisotopic (exact) mass is 329 g/mol. The topological polar surface area (TPSA) is 37.0 Å². The smallest absolute Gasteiger partial charge is 0.187 e. The molecular weight excluding hydrogens is 313 g/mol. The van der Waals surface area contributed by atoms with E-state index in [0.29, 0.717) is 10.0 Å². The van der Waals surface area contributed by atoms with Crippen LogP contribution in [-0.4, -0.2) is 11.5 Å². The zero-order chi connectivity index (χ0) is 14.5. The molecule has 1 heterocycles. The fraction of sp³-hybridized carbons (Fsp3) is 0.357. The molecule has 0 fully saturated rings. The van der Waals surface area contributed by atoms with Crippen LogP contribution in [0.4, 0.5) is 10.8 Å². The fourth-order valence-electron chi connectivity index (χ4n) is 1.71. The number of hydrogen-bond acceptors (Lipinski definition) is 4. The number of anilines is 2. The lowest BCUT2D eigenvalue weighted by Crippen LogP contribution is -2.19. The van der Waals surface area contributed by atoms with Gasteiger partial charge in [0.1, 0.15) is 0 Å². The van der Waals surface area contributed by atoms with Crippen molar-refractivity contribution in [1.82, 2.24) is 10.3 Å². The predicted octanol–water partition coefficient (Wildman–Crippen LogP) is 5.25. The van der Waals surface area contributed by atoms with E-state index >= 15 is 0 Å². The first-order valence-electron chi connectivity index (χ1n) is 6.51. The number of nitrogens with one attached hydrogen (secondary N) is 2. The first-order chi connectivity index (χ1) is 9.60. The van der Waals surface area contributed by atoms with E-state index in [1.807, 2.05) is 6.07 Å². The molecule has 1 unspecified atom stereocenters. The Balaban J connectivity index is 2.03. The molecular formula is C14H17Cl2N3S. The molecule has 0 aliphatic carbocycles. The number of thiazole rings is 1. The van der Waals surface area contributed by atoms with Gasteiger partial charge in [0.15, 0.2) is 5.13 Å². The van der Waals surface area contributed by atoms with Gasteiger partial charge in [-0.3, -0.25) is 0 Å². The second-order valence-electron chi connectivity index (χ2n) is 4.51. The van der Waals surface area contributed by atoms with E-state index in [1.54, 1.807) is 23.5 Å². The third-order valence-electron chi connectivity index (χ3n) is 2.84. The molecule has 0 aliphatic heterocycles. The molecule has 0 aliphatic rings. The predicted molar refractivity (Wildman–Crippen MR) is 88.6 cm³/mol. The van der Waals surface area contributed by atoms with Crippen molar-refractivity contribution in [2.45, 2.75) is 26.3 Å². The summed E-state index contributed by atoms with van der Waals surface area (Å²) in [5, 5.41) is 10.7. The Labute approximate surface area is 133 Å². The van der Waals surface area contributed by atoms with Crippen LogP contribution in [-0.2, 0) is 0 Å². The zero-order valence-electron chi connectivity index (χ0n) is 11.4. The van der Waals surface area contributed by atoms with Gasteiger partial charge in [0, 0.05) is 17.1 Å². The molecule has 3 nitrogen and oxygen atoms in total. The number of hydrogen-bond donors (Lipinski definition) is 2. The summed E-state index contributed by atoms with van der Waals surface area (Å²) < 4.78 is 0. The van der Waals surface area contributed by atoms with Crippen LogP contribution in [0.3, 0.4) is 0 Å². The molecule has 2 rings (SSSR count). The second-order valence-corrected chi connectivity index (χ2v) is 6.18. The van der Waals surface area contributed by atoms with Crippen molar-refractivity contribution in [2.24, 2.45) is 0 Å². The van der Waals surface area contributed by atoms with Crippen LogP contribution in [0.1, 0.15) is 32.0 Å². The average Bonchev–Trinajstić information content (AvgIpc) is 2.89. The summed E-state index contributed by atoms with van der Waals surface area (Å²) in [6.45, 7) is 5.26. The quantitative estimate of drug-likeness (QED) is 0.759. The maximum Gasteiger partial charge on any atom is 0.187 e. The summed E-state index contributed by atoms with van der Waals surface area (Å²) >= 11 is 13.5. The van der Waals surface area contributed by atoms with Crippen molar-refractivity contribution in [1.29, 1.82) is 0 Å². The minimum atomic E-state index is 0.260. The van der Waals surface area contributed by atoms with Crippen molar-refractivity contribution in [3.05, 3.63) is 39.3 Å². The fourth-order valence-corrected chi connectivity index (χ4v) is 2.83. The third kappa shape index (κ3) is 4.09. The number of nitrogens with zero attached hydrogens (tertiary/aromatic N) is 1. The maximum atomic E-state index is 5.99. The van der Waals surface area contributed by atoms with E-state index in [4.69, 9.17) is 23.2 Å². The molecule has 1 atom stereocenters. The van der Waals surface area contributed by atoms with Gasteiger partial charge >= 0.3 is 0 Å². The molecule has 0 saturated carbocycles. The van der Waals surface area contributed by atoms with Crippen LogP contribution in [0.5, 0.6) is 0 Å². The minimum absolute atomic E-state index is 0.260. The lowest BCUT2D eigenvalue weighted by molar-refractivity contribution is 0.561. The standard InChI is InChI=1S/C14H17Cl2N3S/c1-3-6-17-9(2)13-8-20-14(19-13)18-10-4-5-11(15)12(16)7-10/h4-5,7-9,17H,3,6H2,1-2H3,(H,18,19). The van der Waals surface area contributed by atoms with Gasteiger partial charge in [0.2, 0.25) is 0 Å². The van der Waals surface area contributed by atoms with E-state index in [9.17, 15) is 0 Å². The van der Waals surface area contributed by atoms with E-state index in [2.05, 4.69) is 34.8 Å². The van der Waals surface area contributed by atoms with Gasteiger partial charge in [-0.25, -0.2) is 4.98 Å². The largest absolute Gasteiger partial charge is 0.331 e. The van der Waals surface area contributed by atoms with Gasteiger partial charge in [-0.2, -0.15) is 0 Å². The Morgan fingerprint density at radius 1 is 1.30 bits per heavy atom. The summed E-state index contributed by atoms with van der Waals surface area (Å²) in [5.74, 6) is 0. The number of rotatable bonds is 6. The first-order valence-corrected chi connectivity index (χ1v) is 8.14. The lowest BCUT2D eigenvalue weighted by Gasteiger charge is -2.09. The average molecular weight is 330 g/mol. The van der Waals surface area contributed by atoms with Crippen LogP contribution >= 0.6 is 34.5 Å².